The van der Waals surface area contributed by atoms with Gasteiger partial charge in [0.05, 0.1) is 15.8 Å². The fraction of sp³-hybridized carbons (Fsp3) is 0.190. The minimum Gasteiger partial charge on any atom is -0.466 e. The summed E-state index contributed by atoms with van der Waals surface area (Å²) in [7, 11) is 0. The molecule has 0 saturated heterocycles. The first-order valence-corrected chi connectivity index (χ1v) is 9.51. The van der Waals surface area contributed by atoms with E-state index in [1.807, 2.05) is 30.3 Å². The Morgan fingerprint density at radius 2 is 2.00 bits per heavy atom. The number of fused-ring (bicyclic) bond motifs is 3. The summed E-state index contributed by atoms with van der Waals surface area (Å²) >= 11 is 1.46. The van der Waals surface area contributed by atoms with Crippen LogP contribution in [0.2, 0.25) is 0 Å². The van der Waals surface area contributed by atoms with Crippen LogP contribution in [0.3, 0.4) is 0 Å². The molecule has 0 aliphatic carbocycles. The summed E-state index contributed by atoms with van der Waals surface area (Å²) in [6.07, 6.45) is 0.703. The number of rotatable bonds is 5. The molecular formula is C21H18N2O3S. The monoisotopic (exact) mass is 378 g/mol. The standard InChI is InChI=1S/C21H18N2O3S/c1-12(24)17-11-15(26-13(17)2)8-10-19(25)22-21-23-20-16-6-4-3-5-14(16)7-9-18(20)27-21/h3-7,9,11H,8,10H2,1-2H3,(H,22,23,25). The molecule has 136 valence electrons. The zero-order valence-corrected chi connectivity index (χ0v) is 15.9. The molecular weight excluding hydrogens is 360 g/mol. The average Bonchev–Trinajstić information content (AvgIpc) is 3.23. The smallest absolute Gasteiger partial charge is 0.226 e. The third kappa shape index (κ3) is 3.48. The van der Waals surface area contributed by atoms with Crippen LogP contribution in [0.25, 0.3) is 21.0 Å². The first kappa shape index (κ1) is 17.4. The summed E-state index contributed by atoms with van der Waals surface area (Å²) in [6, 6.07) is 13.9. The van der Waals surface area contributed by atoms with Crippen LogP contribution in [0, 0.1) is 6.92 Å². The topological polar surface area (TPSA) is 72.2 Å². The molecule has 0 aliphatic heterocycles. The average molecular weight is 378 g/mol. The van der Waals surface area contributed by atoms with Crippen LogP contribution >= 0.6 is 11.3 Å². The lowest BCUT2D eigenvalue weighted by atomic mass is 10.1. The first-order valence-electron chi connectivity index (χ1n) is 8.69. The van der Waals surface area contributed by atoms with Gasteiger partial charge in [0, 0.05) is 18.2 Å². The van der Waals surface area contributed by atoms with Crippen LogP contribution in [-0.2, 0) is 11.2 Å². The van der Waals surface area contributed by atoms with E-state index < -0.39 is 0 Å². The normalized spacial score (nSPS) is 11.2. The van der Waals surface area contributed by atoms with Crippen LogP contribution in [0.4, 0.5) is 5.13 Å². The van der Waals surface area contributed by atoms with Gasteiger partial charge in [0.15, 0.2) is 10.9 Å². The van der Waals surface area contributed by atoms with Crippen LogP contribution < -0.4 is 5.32 Å². The number of amides is 1. The van der Waals surface area contributed by atoms with Crippen LogP contribution in [0.15, 0.2) is 46.9 Å². The minimum atomic E-state index is -0.128. The van der Waals surface area contributed by atoms with Crippen molar-refractivity contribution < 1.29 is 14.0 Å². The summed E-state index contributed by atoms with van der Waals surface area (Å²) in [5.41, 5.74) is 1.48. The zero-order valence-electron chi connectivity index (χ0n) is 15.0. The molecule has 0 saturated carbocycles. The van der Waals surface area contributed by atoms with Gasteiger partial charge in [0.1, 0.15) is 11.5 Å². The lowest BCUT2D eigenvalue weighted by Crippen LogP contribution is -2.11. The highest BCUT2D eigenvalue weighted by atomic mass is 32.1. The summed E-state index contributed by atoms with van der Waals surface area (Å²) in [4.78, 5) is 28.4. The predicted octanol–water partition coefficient (Wildman–Crippen LogP) is 5.12. The van der Waals surface area contributed by atoms with Crippen molar-refractivity contribution in [1.29, 1.82) is 0 Å². The molecule has 2 heterocycles. The lowest BCUT2D eigenvalue weighted by molar-refractivity contribution is -0.116. The molecule has 5 nitrogen and oxygen atoms in total. The van der Waals surface area contributed by atoms with Gasteiger partial charge in [0.25, 0.3) is 0 Å². The number of nitrogens with zero attached hydrogens (tertiary/aromatic N) is 1. The van der Waals surface area contributed by atoms with Gasteiger partial charge >= 0.3 is 0 Å². The summed E-state index contributed by atoms with van der Waals surface area (Å²) in [6.45, 7) is 3.26. The molecule has 4 rings (SSSR count). The largest absolute Gasteiger partial charge is 0.466 e. The molecule has 0 fully saturated rings. The Balaban J connectivity index is 1.47. The van der Waals surface area contributed by atoms with Crippen LogP contribution in [0.1, 0.15) is 35.2 Å². The second kappa shape index (κ2) is 6.96. The molecule has 0 radical (unpaired) electrons. The zero-order chi connectivity index (χ0) is 19.0. The Morgan fingerprint density at radius 1 is 1.19 bits per heavy atom. The number of thiazole rings is 1. The van der Waals surface area contributed by atoms with E-state index in [9.17, 15) is 9.59 Å². The molecule has 0 spiro atoms. The van der Waals surface area contributed by atoms with Crippen LogP contribution in [-0.4, -0.2) is 16.7 Å². The van der Waals surface area contributed by atoms with Gasteiger partial charge in [-0.15, -0.1) is 0 Å². The van der Waals surface area contributed by atoms with Gasteiger partial charge < -0.3 is 9.73 Å². The van der Waals surface area contributed by atoms with Crippen molar-refractivity contribution in [3.63, 3.8) is 0 Å². The number of carbonyl (C=O) groups excluding carboxylic acids is 2. The maximum absolute atomic E-state index is 12.3. The number of aromatic nitrogens is 1. The maximum atomic E-state index is 12.3. The van der Waals surface area contributed by atoms with E-state index in [1.165, 1.54) is 18.3 Å². The maximum Gasteiger partial charge on any atom is 0.226 e. The molecule has 2 aromatic heterocycles. The van der Waals surface area contributed by atoms with E-state index in [0.717, 1.165) is 21.0 Å². The fourth-order valence-corrected chi connectivity index (χ4v) is 4.05. The predicted molar refractivity (Wildman–Crippen MR) is 108 cm³/mol. The number of anilines is 1. The number of carbonyl (C=O) groups is 2. The summed E-state index contributed by atoms with van der Waals surface area (Å²) in [5, 5.41) is 5.67. The second-order valence-corrected chi connectivity index (χ2v) is 7.47. The molecule has 27 heavy (non-hydrogen) atoms. The molecule has 4 aromatic rings. The third-order valence-electron chi connectivity index (χ3n) is 4.48. The molecule has 2 aromatic carbocycles. The van der Waals surface area contributed by atoms with Crippen molar-refractivity contribution in [3.8, 4) is 0 Å². The Hall–Kier alpha value is -2.99. The van der Waals surface area contributed by atoms with Crippen molar-refractivity contribution in [1.82, 2.24) is 4.98 Å². The van der Waals surface area contributed by atoms with E-state index >= 15 is 0 Å². The number of furan rings is 1. The molecule has 0 atom stereocenters. The van der Waals surface area contributed by atoms with Gasteiger partial charge in [-0.3, -0.25) is 9.59 Å². The number of nitrogens with one attached hydrogen (secondary N) is 1. The highest BCUT2D eigenvalue weighted by Gasteiger charge is 2.14. The third-order valence-corrected chi connectivity index (χ3v) is 5.41. The SMILES string of the molecule is CC(=O)c1cc(CCC(=O)Nc2nc3c(ccc4ccccc43)s2)oc1C. The number of hydrogen-bond donors (Lipinski definition) is 1. The van der Waals surface area contributed by atoms with E-state index in [-0.39, 0.29) is 18.1 Å². The number of aryl methyl sites for hydroxylation is 2. The summed E-state index contributed by atoms with van der Waals surface area (Å²) < 4.78 is 6.60. The van der Waals surface area contributed by atoms with E-state index in [4.69, 9.17) is 4.42 Å². The Kier molecular flexibility index (Phi) is 4.49. The molecule has 1 N–H and O–H groups in total. The number of Topliss-reactive ketones (excluding diaryl/α,β-unsaturated/α-hetero) is 1. The minimum absolute atomic E-state index is 0.0337. The Morgan fingerprint density at radius 3 is 2.78 bits per heavy atom. The quantitative estimate of drug-likeness (QED) is 0.489. The van der Waals surface area contributed by atoms with E-state index in [1.54, 1.807) is 13.0 Å². The number of benzene rings is 2. The highest BCUT2D eigenvalue weighted by molar-refractivity contribution is 7.22. The van der Waals surface area contributed by atoms with Gasteiger partial charge in [0.2, 0.25) is 5.91 Å². The second-order valence-electron chi connectivity index (χ2n) is 6.44. The molecule has 6 heteroatoms. The molecule has 0 bridgehead atoms. The number of hydrogen-bond acceptors (Lipinski definition) is 5. The fourth-order valence-electron chi connectivity index (χ4n) is 3.15. The van der Waals surface area contributed by atoms with E-state index in [0.29, 0.717) is 28.6 Å². The molecule has 0 unspecified atom stereocenters. The summed E-state index contributed by atoms with van der Waals surface area (Å²) in [5.74, 6) is 1.07. The van der Waals surface area contributed by atoms with Gasteiger partial charge in [-0.05, 0) is 31.4 Å². The van der Waals surface area contributed by atoms with Crippen molar-refractivity contribution in [2.45, 2.75) is 26.7 Å². The van der Waals surface area contributed by atoms with Crippen molar-refractivity contribution in [2.24, 2.45) is 0 Å². The lowest BCUT2D eigenvalue weighted by Gasteiger charge is -2.00. The van der Waals surface area contributed by atoms with Gasteiger partial charge in [-0.1, -0.05) is 41.7 Å². The van der Waals surface area contributed by atoms with Crippen molar-refractivity contribution in [3.05, 3.63) is 59.5 Å². The van der Waals surface area contributed by atoms with Crippen LogP contribution in [0.5, 0.6) is 0 Å². The Labute approximate surface area is 160 Å². The van der Waals surface area contributed by atoms with Crippen molar-refractivity contribution in [2.75, 3.05) is 5.32 Å². The molecule has 0 aliphatic rings. The first-order chi connectivity index (χ1) is 13.0. The van der Waals surface area contributed by atoms with E-state index in [2.05, 4.69) is 16.4 Å². The van der Waals surface area contributed by atoms with Gasteiger partial charge in [-0.2, -0.15) is 0 Å². The number of ketones is 1. The molecule has 1 amide bonds. The van der Waals surface area contributed by atoms with Gasteiger partial charge in [-0.25, -0.2) is 4.98 Å². The highest BCUT2D eigenvalue weighted by Crippen LogP contribution is 2.31. The Bertz CT molecular complexity index is 1170. The van der Waals surface area contributed by atoms with Crippen molar-refractivity contribution >= 4 is 49.1 Å².